The summed E-state index contributed by atoms with van der Waals surface area (Å²) in [5.74, 6) is -1.46. The monoisotopic (exact) mass is 1590 g/mol. The number of Topliss-reactive ketones (excluding diaryl/α,β-unsaturated/α-hetero) is 8. The summed E-state index contributed by atoms with van der Waals surface area (Å²) < 4.78 is 26.6. The van der Waals surface area contributed by atoms with Crippen LogP contribution in [0.5, 0.6) is 0 Å². The van der Waals surface area contributed by atoms with Crippen LogP contribution < -0.4 is 0 Å². The Kier molecular flexibility index (Phi) is 67.6. The van der Waals surface area contributed by atoms with Crippen LogP contribution >= 0.6 is 34.8 Å². The number of hydrogen-bond donors (Lipinski definition) is 0. The van der Waals surface area contributed by atoms with E-state index >= 15 is 0 Å². The first-order chi connectivity index (χ1) is 48.3. The van der Waals surface area contributed by atoms with Gasteiger partial charge in [-0.3, -0.25) is 43.3 Å². The van der Waals surface area contributed by atoms with Crippen molar-refractivity contribution in [2.24, 2.45) is 47.3 Å². The number of alkyl halides is 2. The van der Waals surface area contributed by atoms with E-state index in [1.54, 1.807) is 91.1 Å². The van der Waals surface area contributed by atoms with Gasteiger partial charge < -0.3 is 0 Å². The first kappa shape index (κ1) is 119. The molecule has 0 aliphatic heterocycles. The van der Waals surface area contributed by atoms with Crippen molar-refractivity contribution < 1.29 is 47.1 Å². The lowest BCUT2D eigenvalue weighted by molar-refractivity contribution is -0.0203. The summed E-state index contributed by atoms with van der Waals surface area (Å²) in [7, 11) is 0. The van der Waals surface area contributed by atoms with E-state index < -0.39 is 17.6 Å². The van der Waals surface area contributed by atoms with E-state index in [1.165, 1.54) is 26.0 Å². The van der Waals surface area contributed by atoms with E-state index in [0.29, 0.717) is 106 Å². The van der Waals surface area contributed by atoms with Gasteiger partial charge in [-0.1, -0.05) is 338 Å². The van der Waals surface area contributed by atoms with E-state index in [2.05, 4.69) is 32.7 Å². The molecule has 0 spiro atoms. The third-order valence-corrected chi connectivity index (χ3v) is 15.7. The number of nitrogens with zero attached hydrogens (tertiary/aromatic N) is 1. The zero-order valence-electron chi connectivity index (χ0n) is 64.0. The molecule has 1 aromatic heterocycles. The molecule has 14 heteroatoms. The fraction of sp³-hybridized carbons (Fsp3) is 0.433. The molecule has 0 saturated carbocycles. The number of aryl methyl sites for hydroxylation is 3. The van der Waals surface area contributed by atoms with Gasteiger partial charge in [-0.2, -0.15) is 8.78 Å². The van der Waals surface area contributed by atoms with Gasteiger partial charge in [0.15, 0.2) is 40.5 Å². The second-order valence-electron chi connectivity index (χ2n) is 28.3. The Balaban J connectivity index is -0.000000180. The van der Waals surface area contributed by atoms with Crippen LogP contribution in [0.15, 0.2) is 200 Å². The van der Waals surface area contributed by atoms with Gasteiger partial charge in [0, 0.05) is 106 Å². The van der Waals surface area contributed by atoms with E-state index in [-0.39, 0.29) is 111 Å². The highest BCUT2D eigenvalue weighted by molar-refractivity contribution is 6.34. The predicted octanol–water partition coefficient (Wildman–Crippen LogP) is 30.5. The third-order valence-electron chi connectivity index (χ3n) is 14.9. The quantitative estimate of drug-likeness (QED) is 0.0570. The van der Waals surface area contributed by atoms with Crippen molar-refractivity contribution >= 4 is 81.1 Å². The van der Waals surface area contributed by atoms with Gasteiger partial charge in [-0.15, -0.1) is 0 Å². The lowest BCUT2D eigenvalue weighted by atomic mass is 9.93. The maximum atomic E-state index is 13.3. The first-order valence-corrected chi connectivity index (χ1v) is 36.5. The van der Waals surface area contributed by atoms with Gasteiger partial charge >= 0.3 is 5.92 Å². The van der Waals surface area contributed by atoms with Gasteiger partial charge in [0.05, 0.1) is 5.02 Å². The lowest BCUT2D eigenvalue weighted by Crippen LogP contribution is -2.34. The molecule has 0 fully saturated rings. The van der Waals surface area contributed by atoms with Crippen LogP contribution in [0.1, 0.15) is 308 Å². The molecule has 111 heavy (non-hydrogen) atoms. The van der Waals surface area contributed by atoms with Gasteiger partial charge in [0.1, 0.15) is 5.69 Å². The summed E-state index contributed by atoms with van der Waals surface area (Å²) in [6.45, 7) is 37.0. The van der Waals surface area contributed by atoms with E-state index in [1.807, 2.05) is 187 Å². The maximum absolute atomic E-state index is 13.3. The number of benzene rings is 7. The lowest BCUT2D eigenvalue weighted by Gasteiger charge is -2.18. The zero-order valence-corrected chi connectivity index (χ0v) is 66.3. The molecular formula is C97H142Cl3F2NO8. The average Bonchev–Trinajstić information content (AvgIpc) is 0.837. The average molecular weight is 1590 g/mol. The fourth-order valence-electron chi connectivity index (χ4n) is 9.46. The van der Waals surface area contributed by atoms with Gasteiger partial charge in [-0.05, 0) is 134 Å². The van der Waals surface area contributed by atoms with Crippen LogP contribution in [0.25, 0.3) is 0 Å². The molecule has 0 unspecified atom stereocenters. The molecule has 0 aliphatic rings. The number of hydrogen-bond acceptors (Lipinski definition) is 9. The highest BCUT2D eigenvalue weighted by Gasteiger charge is 2.42. The number of carbonyl (C=O) groups is 8. The smallest absolute Gasteiger partial charge is 0.294 e. The Hall–Kier alpha value is -8.22. The molecular weight excluding hydrogens is 1450 g/mol. The molecule has 618 valence electrons. The highest BCUT2D eigenvalue weighted by Crippen LogP contribution is 2.29. The number of carbonyl (C=O) groups excluding carboxylic acids is 8. The van der Waals surface area contributed by atoms with E-state index in [0.717, 1.165) is 38.9 Å². The second kappa shape index (κ2) is 63.3. The zero-order chi connectivity index (χ0) is 78.1. The predicted molar refractivity (Wildman–Crippen MR) is 478 cm³/mol. The molecule has 0 bridgehead atoms. The largest absolute Gasteiger partial charge is 0.311 e. The normalized spacial score (nSPS) is 9.84. The highest BCUT2D eigenvalue weighted by atomic mass is 35.5. The van der Waals surface area contributed by atoms with Crippen molar-refractivity contribution in [3.05, 3.63) is 277 Å². The fourth-order valence-corrected chi connectivity index (χ4v) is 10.0. The molecule has 0 N–H and O–H groups in total. The van der Waals surface area contributed by atoms with Crippen molar-refractivity contribution in [1.29, 1.82) is 0 Å². The number of halogens is 5. The minimum Gasteiger partial charge on any atom is -0.294 e. The van der Waals surface area contributed by atoms with Crippen molar-refractivity contribution in [3.8, 4) is 0 Å². The second-order valence-corrected chi connectivity index (χ2v) is 29.6. The first-order valence-electron chi connectivity index (χ1n) is 35.3. The van der Waals surface area contributed by atoms with Crippen LogP contribution in [-0.2, 0) is 0 Å². The third kappa shape index (κ3) is 49.0. The van der Waals surface area contributed by atoms with E-state index in [9.17, 15) is 47.1 Å². The number of rotatable bonds is 23. The van der Waals surface area contributed by atoms with Crippen molar-refractivity contribution in [3.63, 3.8) is 0 Å². The number of ketones is 8. The summed E-state index contributed by atoms with van der Waals surface area (Å²) >= 11 is 17.4. The summed E-state index contributed by atoms with van der Waals surface area (Å²) in [6.07, 6.45) is 5.26. The molecule has 0 aliphatic carbocycles. The summed E-state index contributed by atoms with van der Waals surface area (Å²) in [5.41, 5.74) is 8.57. The van der Waals surface area contributed by atoms with Gasteiger partial charge in [0.2, 0.25) is 5.78 Å². The van der Waals surface area contributed by atoms with Crippen LogP contribution in [0.3, 0.4) is 0 Å². The summed E-state index contributed by atoms with van der Waals surface area (Å²) in [5, 5.41) is 1.84. The molecule has 1 heterocycles. The molecule has 7 aromatic carbocycles. The Morgan fingerprint density at radius 1 is 0.333 bits per heavy atom. The van der Waals surface area contributed by atoms with Gasteiger partial charge in [0.25, 0.3) is 0 Å². The number of aromatic nitrogens is 1. The SMILES string of the molecule is C.C.C.C.C.C.C.C.CC(C)C(F)(F)C(=O)c1ccccc1.CC(C)CC(=O)c1ccc(Cl)cc1.CC(C)CC(=O)c1cccc(Cl)c1.CC(C)CC(=O)c1ccccc1.CC(C)CC(=O)c1ccccc1Cl.CC(C)CC(=O)c1ccccn1.Cc1cccc(C)c1C(=O)C(C)C.Cc1ccccc1C(=O)CC(C)C. The van der Waals surface area contributed by atoms with E-state index in [4.69, 9.17) is 34.8 Å². The van der Waals surface area contributed by atoms with Crippen LogP contribution in [0, 0.1) is 68.1 Å². The molecule has 8 rings (SSSR count). The van der Waals surface area contributed by atoms with Crippen LogP contribution in [-0.4, -0.2) is 57.2 Å². The minimum absolute atomic E-state index is 0. The molecule has 0 saturated heterocycles. The molecule has 0 amide bonds. The molecule has 8 aromatic rings. The van der Waals surface area contributed by atoms with Crippen LogP contribution in [0.2, 0.25) is 15.1 Å². The molecule has 0 radical (unpaired) electrons. The Bertz CT molecular complexity index is 3730. The van der Waals surface area contributed by atoms with Crippen molar-refractivity contribution in [2.45, 2.75) is 235 Å². The number of pyridine rings is 1. The minimum atomic E-state index is -3.28. The molecule has 0 atom stereocenters. The van der Waals surface area contributed by atoms with Gasteiger partial charge in [-0.25, -0.2) is 0 Å². The topological polar surface area (TPSA) is 149 Å². The maximum Gasteiger partial charge on any atom is 0.311 e. The Labute approximate surface area is 688 Å². The van der Waals surface area contributed by atoms with Crippen LogP contribution in [0.4, 0.5) is 8.78 Å². The standard InChI is InChI=1S/2C12H16O.3C11H13ClO.C11H12F2O.C11H14O.C10H13NO.8CH4/c1-8(2)12(13)11-9(3)6-5-7-10(11)4;1-9(2)8-12(13)11-7-5-4-6-10(11)3;1-8(2)7-11(13)9-3-5-10(12)6-4-9;1-8(2)6-11(13)9-4-3-5-10(12)7-9;1-8(2)7-11(13)9-5-3-4-6-10(9)12;1-8(2)11(12,13)10(14)9-6-4-3-5-7-9;1-9(2)8-11(12)10-6-4-3-5-7-10;1-8(2)7-10(12)9-5-3-4-6-11-9;;;;;;;;/h5-8H,1-4H3;4-7,9H,8H2,1-3H3;3-6,8H,7H2,1-2H3;3-5,7-8H,6H2,1-2H3;3-6,8H,7H2,1-2H3;3-8H,1-2H3;3-7,9H,8H2,1-2H3;3-6,8H,7H2,1-2H3;8*1H4. The summed E-state index contributed by atoms with van der Waals surface area (Å²) in [4.78, 5) is 96.3. The van der Waals surface area contributed by atoms with Crippen molar-refractivity contribution in [2.75, 3.05) is 0 Å². The Morgan fingerprint density at radius 2 is 0.667 bits per heavy atom. The Morgan fingerprint density at radius 3 is 1.05 bits per heavy atom. The summed E-state index contributed by atoms with van der Waals surface area (Å²) in [6, 6.07) is 57.5. The van der Waals surface area contributed by atoms with Crippen molar-refractivity contribution in [1.82, 2.24) is 4.98 Å². The molecule has 9 nitrogen and oxygen atoms in total.